The fraction of sp³-hybridized carbons (Fsp3) is 0.333. The van der Waals surface area contributed by atoms with Gasteiger partial charge in [-0.15, -0.1) is 0 Å². The van der Waals surface area contributed by atoms with E-state index in [9.17, 15) is 0 Å². The third-order valence-electron chi connectivity index (χ3n) is 4.15. The highest BCUT2D eigenvalue weighted by molar-refractivity contribution is 9.10. The Morgan fingerprint density at radius 3 is 2.00 bits per heavy atom. The average Bonchev–Trinajstić information content (AvgIpc) is 2.65. The van der Waals surface area contributed by atoms with Crippen molar-refractivity contribution in [3.8, 4) is 0 Å². The summed E-state index contributed by atoms with van der Waals surface area (Å²) in [5.74, 6) is 0. The lowest BCUT2D eigenvalue weighted by atomic mass is 10.0. The van der Waals surface area contributed by atoms with E-state index in [-0.39, 0.29) is 0 Å². The SMILES string of the molecule is CNCCCN1c2cc(Br)ccc2CCc2ccc(Br)cc21. The van der Waals surface area contributed by atoms with Crippen LogP contribution < -0.4 is 10.2 Å². The van der Waals surface area contributed by atoms with Crippen molar-refractivity contribution >= 4 is 43.2 Å². The highest BCUT2D eigenvalue weighted by Gasteiger charge is 2.20. The van der Waals surface area contributed by atoms with Gasteiger partial charge in [-0.05, 0) is 68.2 Å². The van der Waals surface area contributed by atoms with Crippen LogP contribution in [0.5, 0.6) is 0 Å². The van der Waals surface area contributed by atoms with Crippen LogP contribution in [-0.4, -0.2) is 20.1 Å². The van der Waals surface area contributed by atoms with Crippen molar-refractivity contribution in [1.29, 1.82) is 0 Å². The molecule has 0 saturated heterocycles. The zero-order chi connectivity index (χ0) is 15.5. The Bertz CT molecular complexity index is 617. The summed E-state index contributed by atoms with van der Waals surface area (Å²) in [6.45, 7) is 2.05. The predicted octanol–water partition coefficient (Wildman–Crippen LogP) is 5.06. The Balaban J connectivity index is 2.06. The number of hydrogen-bond donors (Lipinski definition) is 1. The van der Waals surface area contributed by atoms with E-state index in [1.54, 1.807) is 0 Å². The molecule has 0 bridgehead atoms. The molecular formula is C18H20Br2N2. The minimum atomic E-state index is 1.02. The molecule has 1 N–H and O–H groups in total. The van der Waals surface area contributed by atoms with Crippen molar-refractivity contribution < 1.29 is 0 Å². The lowest BCUT2D eigenvalue weighted by Crippen LogP contribution is -2.23. The summed E-state index contributed by atoms with van der Waals surface area (Å²) in [5.41, 5.74) is 5.53. The van der Waals surface area contributed by atoms with Gasteiger partial charge in [0.25, 0.3) is 0 Å². The van der Waals surface area contributed by atoms with Crippen LogP contribution in [0, 0.1) is 0 Å². The third-order valence-corrected chi connectivity index (χ3v) is 5.13. The summed E-state index contributed by atoms with van der Waals surface area (Å²) in [6, 6.07) is 13.3. The number of anilines is 2. The van der Waals surface area contributed by atoms with E-state index in [4.69, 9.17) is 0 Å². The van der Waals surface area contributed by atoms with E-state index < -0.39 is 0 Å². The van der Waals surface area contributed by atoms with Crippen LogP contribution in [0.1, 0.15) is 17.5 Å². The second-order valence-corrected chi connectivity index (χ2v) is 7.49. The molecule has 2 aromatic carbocycles. The lowest BCUT2D eigenvalue weighted by molar-refractivity contribution is 0.723. The van der Waals surface area contributed by atoms with Crippen molar-refractivity contribution in [3.63, 3.8) is 0 Å². The van der Waals surface area contributed by atoms with Crippen LogP contribution in [0.2, 0.25) is 0 Å². The average molecular weight is 424 g/mol. The summed E-state index contributed by atoms with van der Waals surface area (Å²) in [7, 11) is 2.01. The normalized spacial score (nSPS) is 13.5. The van der Waals surface area contributed by atoms with Gasteiger partial charge in [-0.3, -0.25) is 0 Å². The molecule has 0 atom stereocenters. The van der Waals surface area contributed by atoms with Crippen LogP contribution in [0.4, 0.5) is 11.4 Å². The van der Waals surface area contributed by atoms with Gasteiger partial charge in [0.05, 0.1) is 0 Å². The van der Waals surface area contributed by atoms with Gasteiger partial charge in [0.2, 0.25) is 0 Å². The Morgan fingerprint density at radius 2 is 1.50 bits per heavy atom. The standard InChI is InChI=1S/C18H20Br2N2/c1-21-9-2-10-22-17-11-15(19)7-5-13(17)3-4-14-6-8-16(20)12-18(14)22/h5-8,11-12,21H,2-4,9-10H2,1H3. The smallest absolute Gasteiger partial charge is 0.0454 e. The summed E-state index contributed by atoms with van der Waals surface area (Å²) >= 11 is 7.26. The van der Waals surface area contributed by atoms with Gasteiger partial charge in [0, 0.05) is 26.9 Å². The Kier molecular flexibility index (Phi) is 5.21. The quantitative estimate of drug-likeness (QED) is 0.691. The molecule has 22 heavy (non-hydrogen) atoms. The Labute approximate surface area is 149 Å². The van der Waals surface area contributed by atoms with Crippen molar-refractivity contribution in [2.45, 2.75) is 19.3 Å². The summed E-state index contributed by atoms with van der Waals surface area (Å²) < 4.78 is 2.28. The minimum absolute atomic E-state index is 1.02. The molecule has 0 radical (unpaired) electrons. The fourth-order valence-corrected chi connectivity index (χ4v) is 3.75. The van der Waals surface area contributed by atoms with Crippen molar-refractivity contribution in [3.05, 3.63) is 56.5 Å². The van der Waals surface area contributed by atoms with Crippen molar-refractivity contribution in [1.82, 2.24) is 5.32 Å². The first-order valence-corrected chi connectivity index (χ1v) is 9.26. The molecule has 3 rings (SSSR count). The number of benzene rings is 2. The minimum Gasteiger partial charge on any atom is -0.341 e. The van der Waals surface area contributed by atoms with E-state index in [2.05, 4.69) is 78.5 Å². The number of fused-ring (bicyclic) bond motifs is 2. The highest BCUT2D eigenvalue weighted by atomic mass is 79.9. The third kappa shape index (κ3) is 3.39. The molecule has 2 nitrogen and oxygen atoms in total. The van der Waals surface area contributed by atoms with Gasteiger partial charge < -0.3 is 10.2 Å². The summed E-state index contributed by atoms with van der Waals surface area (Å²) in [5, 5.41) is 3.25. The van der Waals surface area contributed by atoms with Crippen LogP contribution in [-0.2, 0) is 12.8 Å². The monoisotopic (exact) mass is 422 g/mol. The molecule has 116 valence electrons. The maximum absolute atomic E-state index is 3.63. The zero-order valence-electron chi connectivity index (χ0n) is 12.7. The van der Waals surface area contributed by atoms with Gasteiger partial charge in [-0.25, -0.2) is 0 Å². The number of halogens is 2. The molecule has 1 heterocycles. The van der Waals surface area contributed by atoms with Crippen LogP contribution in [0.15, 0.2) is 45.3 Å². The molecule has 0 spiro atoms. The molecule has 0 aliphatic carbocycles. The number of aryl methyl sites for hydroxylation is 2. The van der Waals surface area contributed by atoms with E-state index in [0.717, 1.165) is 41.3 Å². The molecule has 0 amide bonds. The first kappa shape index (κ1) is 16.0. The topological polar surface area (TPSA) is 15.3 Å². The summed E-state index contributed by atoms with van der Waals surface area (Å²) in [6.07, 6.45) is 3.31. The molecule has 1 aliphatic rings. The zero-order valence-corrected chi connectivity index (χ0v) is 15.9. The number of hydrogen-bond acceptors (Lipinski definition) is 2. The lowest BCUT2D eigenvalue weighted by Gasteiger charge is -2.27. The van der Waals surface area contributed by atoms with Gasteiger partial charge in [0.15, 0.2) is 0 Å². The largest absolute Gasteiger partial charge is 0.341 e. The van der Waals surface area contributed by atoms with Gasteiger partial charge >= 0.3 is 0 Å². The number of nitrogens with zero attached hydrogens (tertiary/aromatic N) is 1. The van der Waals surface area contributed by atoms with Gasteiger partial charge in [0.1, 0.15) is 0 Å². The Hall–Kier alpha value is -0.840. The van der Waals surface area contributed by atoms with E-state index >= 15 is 0 Å². The molecule has 0 aromatic heterocycles. The first-order valence-electron chi connectivity index (χ1n) is 7.68. The molecule has 4 heteroatoms. The summed E-state index contributed by atoms with van der Waals surface area (Å²) in [4.78, 5) is 2.48. The van der Waals surface area contributed by atoms with Gasteiger partial charge in [-0.2, -0.15) is 0 Å². The molecule has 1 aliphatic heterocycles. The molecule has 0 saturated carbocycles. The maximum Gasteiger partial charge on any atom is 0.0454 e. The fourth-order valence-electron chi connectivity index (χ4n) is 3.05. The molecule has 0 fully saturated rings. The first-order chi connectivity index (χ1) is 10.7. The van der Waals surface area contributed by atoms with Crippen molar-refractivity contribution in [2.75, 3.05) is 25.0 Å². The molecular weight excluding hydrogens is 404 g/mol. The maximum atomic E-state index is 3.63. The molecule has 0 unspecified atom stereocenters. The second kappa shape index (κ2) is 7.16. The van der Waals surface area contributed by atoms with Crippen LogP contribution in [0.25, 0.3) is 0 Å². The van der Waals surface area contributed by atoms with Crippen molar-refractivity contribution in [2.24, 2.45) is 0 Å². The van der Waals surface area contributed by atoms with Crippen LogP contribution in [0.3, 0.4) is 0 Å². The number of rotatable bonds is 4. The second-order valence-electron chi connectivity index (χ2n) is 5.65. The predicted molar refractivity (Wildman–Crippen MR) is 101 cm³/mol. The Morgan fingerprint density at radius 1 is 0.955 bits per heavy atom. The highest BCUT2D eigenvalue weighted by Crippen LogP contribution is 2.38. The number of nitrogens with one attached hydrogen (secondary N) is 1. The van der Waals surface area contributed by atoms with E-state index in [0.29, 0.717) is 0 Å². The molecule has 2 aromatic rings. The van der Waals surface area contributed by atoms with E-state index in [1.807, 2.05) is 7.05 Å². The van der Waals surface area contributed by atoms with Crippen LogP contribution >= 0.6 is 31.9 Å². The van der Waals surface area contributed by atoms with Gasteiger partial charge in [-0.1, -0.05) is 44.0 Å². The van der Waals surface area contributed by atoms with E-state index in [1.165, 1.54) is 22.5 Å².